The first-order chi connectivity index (χ1) is 6.72. The minimum absolute atomic E-state index is 0.00695. The molecule has 0 aliphatic carbocycles. The van der Waals surface area contributed by atoms with Crippen molar-refractivity contribution in [2.24, 2.45) is 5.73 Å². The molecule has 0 saturated carbocycles. The number of carbonyl (C=O) groups excluding carboxylic acids is 2. The van der Waals surface area contributed by atoms with Gasteiger partial charge in [0.2, 0.25) is 5.91 Å². The molecule has 0 atom stereocenters. The summed E-state index contributed by atoms with van der Waals surface area (Å²) in [5.74, 6) is 4.70. The summed E-state index contributed by atoms with van der Waals surface area (Å²) < 4.78 is 0. The van der Waals surface area contributed by atoms with Crippen molar-refractivity contribution in [2.45, 2.75) is 6.42 Å². The fraction of sp³-hybridized carbons (Fsp3) is 0.100. The number of rotatable bonds is 2. The zero-order valence-electron chi connectivity index (χ0n) is 7.36. The van der Waals surface area contributed by atoms with E-state index in [1.807, 2.05) is 0 Å². The van der Waals surface area contributed by atoms with E-state index < -0.39 is 5.91 Å². The van der Waals surface area contributed by atoms with Gasteiger partial charge in [-0.15, -0.1) is 0 Å². The molecule has 0 unspecified atom stereocenters. The Morgan fingerprint density at radius 3 is 3.00 bits per heavy atom. The number of nitrogens with zero attached hydrogens (tertiary/aromatic N) is 1. The third kappa shape index (κ3) is 3.07. The highest BCUT2D eigenvalue weighted by Gasteiger charge is 1.92. The normalized spacial score (nSPS) is 8.57. The van der Waals surface area contributed by atoms with Gasteiger partial charge in [-0.05, 0) is 18.1 Å². The number of hydrogen-bond donors (Lipinski definition) is 1. The van der Waals surface area contributed by atoms with Crippen LogP contribution < -0.4 is 5.73 Å². The quantitative estimate of drug-likeness (QED) is 0.529. The molecule has 0 aromatic carbocycles. The van der Waals surface area contributed by atoms with Gasteiger partial charge in [0.25, 0.3) is 0 Å². The highest BCUT2D eigenvalue weighted by atomic mass is 16.1. The van der Waals surface area contributed by atoms with Crippen LogP contribution in [0.5, 0.6) is 0 Å². The largest absolute Gasteiger partial charge is 0.369 e. The maximum Gasteiger partial charge on any atom is 0.229 e. The Balaban J connectivity index is 2.79. The van der Waals surface area contributed by atoms with Gasteiger partial charge in [-0.1, -0.05) is 12.0 Å². The highest BCUT2D eigenvalue weighted by Crippen LogP contribution is 1.95. The number of aromatic nitrogens is 1. The molecule has 1 aromatic rings. The van der Waals surface area contributed by atoms with Crippen LogP contribution in [0.2, 0.25) is 0 Å². The lowest BCUT2D eigenvalue weighted by molar-refractivity contribution is -0.117. The van der Waals surface area contributed by atoms with Gasteiger partial charge in [0, 0.05) is 0 Å². The first-order valence-electron chi connectivity index (χ1n) is 3.92. The predicted octanol–water partition coefficient (Wildman–Crippen LogP) is 0.121. The van der Waals surface area contributed by atoms with Gasteiger partial charge in [0.15, 0.2) is 6.29 Å². The molecule has 70 valence electrons. The van der Waals surface area contributed by atoms with Crippen LogP contribution in [0.25, 0.3) is 0 Å². The van der Waals surface area contributed by atoms with Crippen molar-refractivity contribution < 1.29 is 9.59 Å². The minimum atomic E-state index is -0.482. The van der Waals surface area contributed by atoms with Crippen LogP contribution in [-0.4, -0.2) is 17.2 Å². The summed E-state index contributed by atoms with van der Waals surface area (Å²) in [6.45, 7) is 0. The second-order valence-electron chi connectivity index (χ2n) is 2.51. The number of primary amides is 1. The Morgan fingerprint density at radius 2 is 2.36 bits per heavy atom. The van der Waals surface area contributed by atoms with Crippen LogP contribution >= 0.6 is 0 Å². The number of nitrogens with two attached hydrogens (primary N) is 1. The van der Waals surface area contributed by atoms with Gasteiger partial charge in [-0.3, -0.25) is 9.59 Å². The molecule has 0 aliphatic heterocycles. The van der Waals surface area contributed by atoms with E-state index in [2.05, 4.69) is 16.8 Å². The van der Waals surface area contributed by atoms with E-state index in [1.165, 1.54) is 0 Å². The lowest BCUT2D eigenvalue weighted by Gasteiger charge is -1.90. The van der Waals surface area contributed by atoms with Crippen molar-refractivity contribution in [1.82, 2.24) is 4.98 Å². The standard InChI is InChI=1S/C10H8N2O2/c11-10(14)6-2-4-8-3-1-5-9(7-13)12-8/h1,3,5,7H,6H2,(H2,11,14). The fourth-order valence-corrected chi connectivity index (χ4v) is 0.809. The first kappa shape index (κ1) is 9.93. The van der Waals surface area contributed by atoms with Crippen molar-refractivity contribution in [1.29, 1.82) is 0 Å². The summed E-state index contributed by atoms with van der Waals surface area (Å²) in [4.78, 5) is 24.6. The van der Waals surface area contributed by atoms with Gasteiger partial charge in [-0.2, -0.15) is 0 Å². The summed E-state index contributed by atoms with van der Waals surface area (Å²) in [7, 11) is 0. The van der Waals surface area contributed by atoms with Gasteiger partial charge in [0.05, 0.1) is 6.42 Å². The van der Waals surface area contributed by atoms with E-state index in [9.17, 15) is 9.59 Å². The molecule has 2 N–H and O–H groups in total. The fourth-order valence-electron chi connectivity index (χ4n) is 0.809. The van der Waals surface area contributed by atoms with E-state index in [4.69, 9.17) is 5.73 Å². The van der Waals surface area contributed by atoms with Crippen LogP contribution in [0.1, 0.15) is 22.6 Å². The molecule has 4 nitrogen and oxygen atoms in total. The van der Waals surface area contributed by atoms with Crippen molar-refractivity contribution in [3.63, 3.8) is 0 Å². The Labute approximate surface area is 81.1 Å². The first-order valence-corrected chi connectivity index (χ1v) is 3.92. The van der Waals surface area contributed by atoms with Gasteiger partial charge in [-0.25, -0.2) is 4.98 Å². The molecule has 0 saturated heterocycles. The molecule has 0 fully saturated rings. The molecule has 0 bridgehead atoms. The number of aldehydes is 1. The molecule has 1 rings (SSSR count). The zero-order chi connectivity index (χ0) is 10.4. The number of carbonyl (C=O) groups is 2. The highest BCUT2D eigenvalue weighted by molar-refractivity contribution is 5.76. The van der Waals surface area contributed by atoms with Crippen molar-refractivity contribution in [2.75, 3.05) is 0 Å². The Morgan fingerprint density at radius 1 is 1.57 bits per heavy atom. The van der Waals surface area contributed by atoms with Crippen LogP contribution in [0, 0.1) is 11.8 Å². The van der Waals surface area contributed by atoms with Gasteiger partial charge < -0.3 is 5.73 Å². The summed E-state index contributed by atoms with van der Waals surface area (Å²) in [5, 5.41) is 0. The maximum atomic E-state index is 10.4. The van der Waals surface area contributed by atoms with E-state index in [0.29, 0.717) is 17.7 Å². The molecule has 1 aromatic heterocycles. The van der Waals surface area contributed by atoms with Crippen molar-refractivity contribution in [3.8, 4) is 11.8 Å². The monoisotopic (exact) mass is 188 g/mol. The van der Waals surface area contributed by atoms with E-state index in [0.717, 1.165) is 0 Å². The molecule has 14 heavy (non-hydrogen) atoms. The summed E-state index contributed by atoms with van der Waals surface area (Å²) >= 11 is 0. The molecule has 4 heteroatoms. The third-order valence-electron chi connectivity index (χ3n) is 1.37. The molecular formula is C10H8N2O2. The third-order valence-corrected chi connectivity index (χ3v) is 1.37. The van der Waals surface area contributed by atoms with Gasteiger partial charge in [0.1, 0.15) is 11.4 Å². The Bertz CT molecular complexity index is 416. The number of hydrogen-bond acceptors (Lipinski definition) is 3. The Hall–Kier alpha value is -2.15. The predicted molar refractivity (Wildman–Crippen MR) is 50.3 cm³/mol. The van der Waals surface area contributed by atoms with Crippen LogP contribution in [-0.2, 0) is 4.79 Å². The SMILES string of the molecule is NC(=O)CC#Cc1cccc(C=O)n1. The second kappa shape index (κ2) is 4.77. The molecule has 1 amide bonds. The second-order valence-corrected chi connectivity index (χ2v) is 2.51. The summed E-state index contributed by atoms with van der Waals surface area (Å²) in [6.07, 6.45) is 0.631. The van der Waals surface area contributed by atoms with Crippen LogP contribution in [0.15, 0.2) is 18.2 Å². The van der Waals surface area contributed by atoms with Crippen molar-refractivity contribution in [3.05, 3.63) is 29.6 Å². The number of pyridine rings is 1. The lowest BCUT2D eigenvalue weighted by Crippen LogP contribution is -2.08. The molecule has 0 radical (unpaired) electrons. The van der Waals surface area contributed by atoms with Crippen LogP contribution in [0.3, 0.4) is 0 Å². The molecular weight excluding hydrogens is 180 g/mol. The van der Waals surface area contributed by atoms with Crippen LogP contribution in [0.4, 0.5) is 0 Å². The Kier molecular flexibility index (Phi) is 3.39. The summed E-state index contributed by atoms with van der Waals surface area (Å²) in [6, 6.07) is 4.90. The average molecular weight is 188 g/mol. The topological polar surface area (TPSA) is 73.1 Å². The van der Waals surface area contributed by atoms with Gasteiger partial charge >= 0.3 is 0 Å². The van der Waals surface area contributed by atoms with E-state index in [-0.39, 0.29) is 6.42 Å². The van der Waals surface area contributed by atoms with E-state index >= 15 is 0 Å². The smallest absolute Gasteiger partial charge is 0.229 e. The molecule has 0 aliphatic rings. The van der Waals surface area contributed by atoms with Crippen molar-refractivity contribution >= 4 is 12.2 Å². The van der Waals surface area contributed by atoms with E-state index in [1.54, 1.807) is 18.2 Å². The zero-order valence-corrected chi connectivity index (χ0v) is 7.36. The average Bonchev–Trinajstić information content (AvgIpc) is 2.18. The molecule has 1 heterocycles. The number of amides is 1. The maximum absolute atomic E-state index is 10.4. The minimum Gasteiger partial charge on any atom is -0.369 e. The summed E-state index contributed by atoms with van der Waals surface area (Å²) in [5.41, 5.74) is 5.66. The molecule has 0 spiro atoms. The lowest BCUT2D eigenvalue weighted by atomic mass is 10.3.